The van der Waals surface area contributed by atoms with E-state index in [0.717, 1.165) is 50.2 Å². The van der Waals surface area contributed by atoms with Gasteiger partial charge in [0, 0.05) is 22.3 Å². The van der Waals surface area contributed by atoms with Crippen molar-refractivity contribution in [2.45, 2.75) is 31.3 Å². The van der Waals surface area contributed by atoms with Crippen LogP contribution in [0.3, 0.4) is 0 Å². The molecule has 0 saturated carbocycles. The van der Waals surface area contributed by atoms with Gasteiger partial charge in [-0.3, -0.25) is 4.57 Å². The fourth-order valence-electron chi connectivity index (χ4n) is 4.51. The van der Waals surface area contributed by atoms with Crippen LogP contribution in [0.15, 0.2) is 107 Å². The summed E-state index contributed by atoms with van der Waals surface area (Å²) in [5.74, 6) is 2.47. The minimum Gasteiger partial charge on any atom is -0.467 e. The van der Waals surface area contributed by atoms with Crippen LogP contribution in [-0.2, 0) is 12.3 Å². The van der Waals surface area contributed by atoms with Gasteiger partial charge in [0.05, 0.1) is 24.0 Å². The molecule has 182 valence electrons. The van der Waals surface area contributed by atoms with E-state index in [4.69, 9.17) is 14.5 Å². The van der Waals surface area contributed by atoms with Gasteiger partial charge >= 0.3 is 0 Å². The van der Waals surface area contributed by atoms with E-state index < -0.39 is 0 Å². The average molecular weight is 503 g/mol. The van der Waals surface area contributed by atoms with Crippen molar-refractivity contribution >= 4 is 22.7 Å². The summed E-state index contributed by atoms with van der Waals surface area (Å²) in [6.07, 6.45) is 1.71. The Kier molecular flexibility index (Phi) is 6.33. The molecular weight excluding hydrogens is 476 g/mol. The number of hydrogen-bond acceptors (Lipinski definition) is 5. The molecule has 0 aliphatic rings. The minimum atomic E-state index is 0.543. The maximum atomic E-state index is 5.73. The Balaban J connectivity index is 1.47. The zero-order valence-corrected chi connectivity index (χ0v) is 21.6. The van der Waals surface area contributed by atoms with Gasteiger partial charge in [-0.15, -0.1) is 10.2 Å². The van der Waals surface area contributed by atoms with Crippen LogP contribution in [0.1, 0.15) is 22.5 Å². The van der Waals surface area contributed by atoms with E-state index in [-0.39, 0.29) is 0 Å². The van der Waals surface area contributed by atoms with Crippen LogP contribution in [0.4, 0.5) is 0 Å². The van der Waals surface area contributed by atoms with Crippen LogP contribution in [0.2, 0.25) is 0 Å². The Morgan fingerprint density at radius 2 is 1.68 bits per heavy atom. The van der Waals surface area contributed by atoms with Gasteiger partial charge in [0.1, 0.15) is 5.76 Å². The zero-order chi connectivity index (χ0) is 25.2. The summed E-state index contributed by atoms with van der Waals surface area (Å²) in [6.45, 7) is 4.83. The summed E-state index contributed by atoms with van der Waals surface area (Å²) in [5.41, 5.74) is 7.75. The van der Waals surface area contributed by atoms with Gasteiger partial charge in [-0.1, -0.05) is 84.1 Å². The maximum Gasteiger partial charge on any atom is 0.192 e. The van der Waals surface area contributed by atoms with Crippen LogP contribution >= 0.6 is 11.8 Å². The number of pyridine rings is 1. The van der Waals surface area contributed by atoms with Crippen molar-refractivity contribution in [3.8, 4) is 22.6 Å². The summed E-state index contributed by atoms with van der Waals surface area (Å²) in [6, 6.07) is 31.1. The number of benzene rings is 3. The molecule has 5 nitrogen and oxygen atoms in total. The lowest BCUT2D eigenvalue weighted by Gasteiger charge is -2.13. The molecule has 6 heteroatoms. The molecule has 0 atom stereocenters. The van der Waals surface area contributed by atoms with E-state index in [0.29, 0.717) is 6.54 Å². The van der Waals surface area contributed by atoms with E-state index in [1.165, 1.54) is 16.7 Å². The Morgan fingerprint density at radius 1 is 0.838 bits per heavy atom. The summed E-state index contributed by atoms with van der Waals surface area (Å²) in [4.78, 5) is 4.96. The van der Waals surface area contributed by atoms with Crippen molar-refractivity contribution in [1.29, 1.82) is 0 Å². The molecule has 0 spiro atoms. The number of thioether (sulfide) groups is 1. The van der Waals surface area contributed by atoms with Crippen LogP contribution in [-0.4, -0.2) is 19.7 Å². The molecule has 0 saturated heterocycles. The Morgan fingerprint density at radius 3 is 2.51 bits per heavy atom. The fraction of sp³-hybridized carbons (Fsp3) is 0.129. The number of para-hydroxylation sites is 1. The average Bonchev–Trinajstić information content (AvgIpc) is 3.59. The van der Waals surface area contributed by atoms with Crippen LogP contribution in [0.5, 0.6) is 0 Å². The highest BCUT2D eigenvalue weighted by molar-refractivity contribution is 7.98. The molecule has 37 heavy (non-hydrogen) atoms. The van der Waals surface area contributed by atoms with E-state index in [1.807, 2.05) is 42.5 Å². The molecule has 6 aromatic rings. The quantitative estimate of drug-likeness (QED) is 0.209. The normalized spacial score (nSPS) is 11.3. The molecular formula is C31H26N4OS. The van der Waals surface area contributed by atoms with E-state index in [9.17, 15) is 0 Å². The van der Waals surface area contributed by atoms with Gasteiger partial charge in [0.2, 0.25) is 0 Å². The lowest BCUT2D eigenvalue weighted by Crippen LogP contribution is -2.04. The lowest BCUT2D eigenvalue weighted by molar-refractivity contribution is 0.485. The zero-order valence-electron chi connectivity index (χ0n) is 20.8. The number of nitrogens with zero attached hydrogens (tertiary/aromatic N) is 4. The topological polar surface area (TPSA) is 56.7 Å². The number of furan rings is 1. The molecule has 6 rings (SSSR count). The first-order chi connectivity index (χ1) is 18.2. The second-order valence-electron chi connectivity index (χ2n) is 9.13. The van der Waals surface area contributed by atoms with E-state index >= 15 is 0 Å². The van der Waals surface area contributed by atoms with Gasteiger partial charge in [0.15, 0.2) is 11.0 Å². The predicted molar refractivity (Wildman–Crippen MR) is 149 cm³/mol. The third-order valence-corrected chi connectivity index (χ3v) is 7.51. The lowest BCUT2D eigenvalue weighted by atomic mass is 10.0. The number of aromatic nitrogens is 4. The van der Waals surface area contributed by atoms with Crippen molar-refractivity contribution in [3.05, 3.63) is 120 Å². The van der Waals surface area contributed by atoms with Crippen LogP contribution < -0.4 is 0 Å². The van der Waals surface area contributed by atoms with Gasteiger partial charge in [-0.2, -0.15) is 0 Å². The smallest absolute Gasteiger partial charge is 0.192 e. The highest BCUT2D eigenvalue weighted by Gasteiger charge is 2.20. The molecule has 0 bridgehead atoms. The number of fused-ring (bicyclic) bond motifs is 1. The minimum absolute atomic E-state index is 0.543. The molecule has 3 aromatic carbocycles. The van der Waals surface area contributed by atoms with Gasteiger partial charge in [-0.05, 0) is 49.2 Å². The van der Waals surface area contributed by atoms with E-state index in [1.54, 1.807) is 18.0 Å². The van der Waals surface area contributed by atoms with E-state index in [2.05, 4.69) is 72.0 Å². The maximum absolute atomic E-state index is 5.73. The molecule has 0 fully saturated rings. The fourth-order valence-corrected chi connectivity index (χ4v) is 5.51. The molecule has 0 N–H and O–H groups in total. The third kappa shape index (κ3) is 4.80. The first-order valence-electron chi connectivity index (χ1n) is 12.3. The molecule has 0 aliphatic carbocycles. The van der Waals surface area contributed by atoms with Crippen LogP contribution in [0.25, 0.3) is 33.5 Å². The summed E-state index contributed by atoms with van der Waals surface area (Å²) in [7, 11) is 0. The first kappa shape index (κ1) is 23.3. The third-order valence-electron chi connectivity index (χ3n) is 6.50. The summed E-state index contributed by atoms with van der Waals surface area (Å²) >= 11 is 1.70. The number of hydrogen-bond donors (Lipinski definition) is 0. The second-order valence-corrected chi connectivity index (χ2v) is 10.1. The summed E-state index contributed by atoms with van der Waals surface area (Å²) in [5, 5.41) is 11.3. The van der Waals surface area contributed by atoms with Crippen molar-refractivity contribution in [2.24, 2.45) is 0 Å². The highest BCUT2D eigenvalue weighted by atomic mass is 32.2. The standard InChI is InChI=1S/C31H26N4OS/c1-21-14-15-22(2)24(17-21)20-37-31-34-33-30(35(31)19-25-11-8-16-36-25)27-18-29(23-9-4-3-5-10-23)32-28-13-7-6-12-26(27)28/h3-18H,19-20H2,1-2H3. The Hall–Kier alpha value is -4.16. The SMILES string of the molecule is Cc1ccc(C)c(CSc2nnc(-c3cc(-c4ccccc4)nc4ccccc34)n2Cc2ccco2)c1. The van der Waals surface area contributed by atoms with Gasteiger partial charge in [0.25, 0.3) is 0 Å². The summed E-state index contributed by atoms with van der Waals surface area (Å²) < 4.78 is 7.89. The predicted octanol–water partition coefficient (Wildman–Crippen LogP) is 7.71. The number of rotatable bonds is 7. The first-order valence-corrected chi connectivity index (χ1v) is 13.2. The Labute approximate surface area is 220 Å². The monoisotopic (exact) mass is 502 g/mol. The van der Waals surface area contributed by atoms with Crippen molar-refractivity contribution in [1.82, 2.24) is 19.7 Å². The largest absolute Gasteiger partial charge is 0.467 e. The molecule has 3 aromatic heterocycles. The molecule has 0 aliphatic heterocycles. The second kappa shape index (κ2) is 10.1. The molecule has 0 unspecified atom stereocenters. The molecule has 0 amide bonds. The molecule has 3 heterocycles. The van der Waals surface area contributed by atoms with Gasteiger partial charge < -0.3 is 4.42 Å². The number of aryl methyl sites for hydroxylation is 2. The van der Waals surface area contributed by atoms with Crippen molar-refractivity contribution in [2.75, 3.05) is 0 Å². The van der Waals surface area contributed by atoms with Crippen molar-refractivity contribution in [3.63, 3.8) is 0 Å². The molecule has 0 radical (unpaired) electrons. The van der Waals surface area contributed by atoms with Gasteiger partial charge in [-0.25, -0.2) is 4.98 Å². The van der Waals surface area contributed by atoms with Crippen LogP contribution in [0, 0.1) is 13.8 Å². The van der Waals surface area contributed by atoms with Crippen molar-refractivity contribution < 1.29 is 4.42 Å². The Bertz CT molecular complexity index is 1670. The highest BCUT2D eigenvalue weighted by Crippen LogP contribution is 2.34.